The predicted molar refractivity (Wildman–Crippen MR) is 93.0 cm³/mol. The molecule has 1 amide bonds. The van der Waals surface area contributed by atoms with E-state index in [1.54, 1.807) is 0 Å². The first-order chi connectivity index (χ1) is 11.1. The molecule has 2 atom stereocenters. The second-order valence-corrected chi connectivity index (χ2v) is 6.96. The number of hydrogen-bond donors (Lipinski definition) is 2. The normalized spacial score (nSPS) is 24.7. The summed E-state index contributed by atoms with van der Waals surface area (Å²) >= 11 is 6.41. The molecule has 6 heteroatoms. The molecule has 23 heavy (non-hydrogen) atoms. The molecule has 0 bridgehead atoms. The van der Waals surface area contributed by atoms with Gasteiger partial charge in [-0.25, -0.2) is 0 Å². The number of nitrogens with zero attached hydrogens (tertiary/aromatic N) is 2. The van der Waals surface area contributed by atoms with Gasteiger partial charge in [-0.2, -0.15) is 0 Å². The molecule has 0 aromatic carbocycles. The number of anilines is 1. The minimum Gasteiger partial charge on any atom is -0.370 e. The molecular weight excluding hydrogens is 312 g/mol. The molecule has 0 radical (unpaired) electrons. The van der Waals surface area contributed by atoms with E-state index in [9.17, 15) is 4.79 Å². The second kappa shape index (κ2) is 7.49. The van der Waals surface area contributed by atoms with Crippen LogP contribution in [-0.4, -0.2) is 43.1 Å². The molecule has 0 aliphatic carbocycles. The van der Waals surface area contributed by atoms with E-state index < -0.39 is 0 Å². The van der Waals surface area contributed by atoms with E-state index in [-0.39, 0.29) is 11.9 Å². The van der Waals surface area contributed by atoms with Gasteiger partial charge in [0.15, 0.2) is 0 Å². The van der Waals surface area contributed by atoms with Gasteiger partial charge in [-0.1, -0.05) is 11.6 Å². The highest BCUT2D eigenvalue weighted by Gasteiger charge is 2.25. The summed E-state index contributed by atoms with van der Waals surface area (Å²) in [4.78, 5) is 18.7. The number of amides is 1. The van der Waals surface area contributed by atoms with Gasteiger partial charge in [0, 0.05) is 25.8 Å². The van der Waals surface area contributed by atoms with Gasteiger partial charge in [0.1, 0.15) is 0 Å². The molecule has 0 saturated carbocycles. The number of hydrogen-bond acceptors (Lipinski definition) is 4. The quantitative estimate of drug-likeness (QED) is 0.884. The van der Waals surface area contributed by atoms with E-state index >= 15 is 0 Å². The van der Waals surface area contributed by atoms with Crippen molar-refractivity contribution in [2.45, 2.75) is 38.6 Å². The van der Waals surface area contributed by atoms with Gasteiger partial charge in [-0.05, 0) is 51.1 Å². The number of aryl methyl sites for hydroxylation is 1. The van der Waals surface area contributed by atoms with Gasteiger partial charge >= 0.3 is 0 Å². The Hall–Kier alpha value is -1.33. The van der Waals surface area contributed by atoms with Crippen LogP contribution in [0.25, 0.3) is 0 Å². The van der Waals surface area contributed by atoms with Crippen LogP contribution in [0.2, 0.25) is 5.02 Å². The number of aromatic nitrogens is 1. The smallest absolute Gasteiger partial charge is 0.237 e. The lowest BCUT2D eigenvalue weighted by Crippen LogP contribution is -2.45. The molecule has 3 rings (SSSR count). The van der Waals surface area contributed by atoms with Crippen molar-refractivity contribution in [2.75, 3.05) is 31.1 Å². The zero-order valence-electron chi connectivity index (χ0n) is 13.6. The van der Waals surface area contributed by atoms with Crippen LogP contribution in [-0.2, 0) is 4.79 Å². The minimum absolute atomic E-state index is 0.00647. The van der Waals surface area contributed by atoms with Crippen LogP contribution in [0.15, 0.2) is 12.3 Å². The van der Waals surface area contributed by atoms with Crippen LogP contribution in [0.4, 0.5) is 5.69 Å². The lowest BCUT2D eigenvalue weighted by Gasteiger charge is -2.35. The molecule has 2 aliphatic heterocycles. The maximum atomic E-state index is 12.1. The fourth-order valence-corrected chi connectivity index (χ4v) is 3.74. The van der Waals surface area contributed by atoms with Gasteiger partial charge in [-0.15, -0.1) is 0 Å². The van der Waals surface area contributed by atoms with Crippen molar-refractivity contribution in [3.8, 4) is 0 Å². The Labute approximate surface area is 142 Å². The summed E-state index contributed by atoms with van der Waals surface area (Å²) in [5.74, 6) is 0.621. The number of carbonyl (C=O) groups is 1. The number of carbonyl (C=O) groups excluding carboxylic acids is 1. The number of pyridine rings is 1. The van der Waals surface area contributed by atoms with Crippen LogP contribution in [0.1, 0.15) is 31.4 Å². The summed E-state index contributed by atoms with van der Waals surface area (Å²) in [7, 11) is 0. The van der Waals surface area contributed by atoms with Crippen LogP contribution in [0.5, 0.6) is 0 Å². The highest BCUT2D eigenvalue weighted by atomic mass is 35.5. The third-order valence-electron chi connectivity index (χ3n) is 4.84. The molecule has 5 nitrogen and oxygen atoms in total. The van der Waals surface area contributed by atoms with E-state index in [4.69, 9.17) is 11.6 Å². The highest BCUT2D eigenvalue weighted by molar-refractivity contribution is 6.33. The summed E-state index contributed by atoms with van der Waals surface area (Å²) in [5, 5.41) is 7.11. The van der Waals surface area contributed by atoms with Crippen molar-refractivity contribution in [2.24, 2.45) is 5.92 Å². The molecule has 126 valence electrons. The predicted octanol–water partition coefficient (Wildman–Crippen LogP) is 2.13. The lowest BCUT2D eigenvalue weighted by molar-refractivity contribution is -0.122. The standard InChI is InChI=1S/C17H25ClN4O/c1-12-16(18)15(6-8-19-12)22-9-3-4-13(11-22)10-21-17(23)14-5-2-7-20-14/h6,8,13-14,20H,2-5,7,9-11H2,1H3,(H,21,23). The molecule has 2 N–H and O–H groups in total. The monoisotopic (exact) mass is 336 g/mol. The molecule has 2 fully saturated rings. The molecule has 3 heterocycles. The van der Waals surface area contributed by atoms with Crippen LogP contribution in [0.3, 0.4) is 0 Å². The molecule has 2 unspecified atom stereocenters. The Morgan fingerprint density at radius 2 is 2.35 bits per heavy atom. The van der Waals surface area contributed by atoms with Crippen molar-refractivity contribution in [1.29, 1.82) is 0 Å². The third-order valence-corrected chi connectivity index (χ3v) is 5.31. The first-order valence-electron chi connectivity index (χ1n) is 8.52. The minimum atomic E-state index is 0.00647. The van der Waals surface area contributed by atoms with E-state index in [0.717, 1.165) is 68.3 Å². The molecular formula is C17H25ClN4O. The molecule has 2 aliphatic rings. The SMILES string of the molecule is Cc1nccc(N2CCCC(CNC(=O)C3CCCN3)C2)c1Cl. The molecule has 0 spiro atoms. The van der Waals surface area contributed by atoms with Gasteiger partial charge < -0.3 is 15.5 Å². The van der Waals surface area contributed by atoms with Crippen molar-refractivity contribution in [3.63, 3.8) is 0 Å². The average Bonchev–Trinajstić information content (AvgIpc) is 3.10. The Morgan fingerprint density at radius 3 is 3.13 bits per heavy atom. The molecule has 1 aromatic rings. The van der Waals surface area contributed by atoms with Crippen molar-refractivity contribution in [3.05, 3.63) is 23.0 Å². The maximum absolute atomic E-state index is 12.1. The van der Waals surface area contributed by atoms with Gasteiger partial charge in [0.2, 0.25) is 5.91 Å². The Morgan fingerprint density at radius 1 is 1.48 bits per heavy atom. The summed E-state index contributed by atoms with van der Waals surface area (Å²) in [6.45, 7) is 5.58. The van der Waals surface area contributed by atoms with E-state index in [1.807, 2.05) is 19.2 Å². The Bertz CT molecular complexity index is 560. The summed E-state index contributed by atoms with van der Waals surface area (Å²) in [6.07, 6.45) is 6.13. The first-order valence-corrected chi connectivity index (χ1v) is 8.90. The maximum Gasteiger partial charge on any atom is 0.237 e. The van der Waals surface area contributed by atoms with Crippen LogP contribution in [0, 0.1) is 12.8 Å². The Balaban J connectivity index is 1.55. The lowest BCUT2D eigenvalue weighted by atomic mass is 9.97. The fourth-order valence-electron chi connectivity index (χ4n) is 3.51. The summed E-state index contributed by atoms with van der Waals surface area (Å²) in [5.41, 5.74) is 1.93. The third kappa shape index (κ3) is 3.96. The summed E-state index contributed by atoms with van der Waals surface area (Å²) < 4.78 is 0. The average molecular weight is 337 g/mol. The first kappa shape index (κ1) is 16.5. The van der Waals surface area contributed by atoms with Gasteiger partial charge in [0.25, 0.3) is 0 Å². The van der Waals surface area contributed by atoms with E-state index in [2.05, 4.69) is 20.5 Å². The number of piperidine rings is 1. The van der Waals surface area contributed by atoms with Crippen LogP contribution < -0.4 is 15.5 Å². The Kier molecular flexibility index (Phi) is 5.38. The highest BCUT2D eigenvalue weighted by Crippen LogP contribution is 2.30. The topological polar surface area (TPSA) is 57.3 Å². The largest absolute Gasteiger partial charge is 0.370 e. The van der Waals surface area contributed by atoms with E-state index in [0.29, 0.717) is 5.92 Å². The van der Waals surface area contributed by atoms with Gasteiger partial charge in [0.05, 0.1) is 22.4 Å². The molecule has 1 aromatic heterocycles. The number of halogens is 1. The second-order valence-electron chi connectivity index (χ2n) is 6.58. The van der Waals surface area contributed by atoms with Crippen molar-refractivity contribution in [1.82, 2.24) is 15.6 Å². The zero-order valence-corrected chi connectivity index (χ0v) is 14.4. The van der Waals surface area contributed by atoms with Crippen molar-refractivity contribution < 1.29 is 4.79 Å². The molecule has 2 saturated heterocycles. The van der Waals surface area contributed by atoms with Crippen molar-refractivity contribution >= 4 is 23.2 Å². The van der Waals surface area contributed by atoms with Gasteiger partial charge in [-0.3, -0.25) is 9.78 Å². The number of nitrogens with one attached hydrogen (secondary N) is 2. The van der Waals surface area contributed by atoms with E-state index in [1.165, 1.54) is 0 Å². The summed E-state index contributed by atoms with van der Waals surface area (Å²) in [6, 6.07) is 1.99. The zero-order chi connectivity index (χ0) is 16.2. The van der Waals surface area contributed by atoms with Crippen LogP contribution >= 0.6 is 11.6 Å². The fraction of sp³-hybridized carbons (Fsp3) is 0.647. The number of rotatable bonds is 4.